The number of nitrogens with zero attached hydrogens (tertiary/aromatic N) is 4. The summed E-state index contributed by atoms with van der Waals surface area (Å²) < 4.78 is 1.26. The van der Waals surface area contributed by atoms with Crippen molar-refractivity contribution < 1.29 is 14.7 Å². The minimum atomic E-state index is -1.04. The molecule has 0 bridgehead atoms. The second-order valence-corrected chi connectivity index (χ2v) is 7.50. The van der Waals surface area contributed by atoms with Gasteiger partial charge in [0.1, 0.15) is 16.4 Å². The van der Waals surface area contributed by atoms with Crippen LogP contribution in [-0.4, -0.2) is 49.2 Å². The summed E-state index contributed by atoms with van der Waals surface area (Å²) in [6.07, 6.45) is 1.62. The van der Waals surface area contributed by atoms with Gasteiger partial charge in [-0.3, -0.25) is 14.4 Å². The SMILES string of the molecule is Cc1nc(-c2c(C)c(C)nn(C)c2=O)sc1C(=O)N(CC(=O)O)C1CC1. The maximum atomic E-state index is 12.9. The third-order valence-electron chi connectivity index (χ3n) is 4.48. The van der Waals surface area contributed by atoms with Crippen molar-refractivity contribution in [1.29, 1.82) is 0 Å². The highest BCUT2D eigenvalue weighted by atomic mass is 32.1. The number of aromatic nitrogens is 3. The van der Waals surface area contributed by atoms with Crippen LogP contribution >= 0.6 is 11.3 Å². The predicted octanol–water partition coefficient (Wildman–Crippen LogP) is 1.52. The Morgan fingerprint density at radius 1 is 1.27 bits per heavy atom. The number of carboxylic acid groups (broad SMARTS) is 1. The zero-order chi connectivity index (χ0) is 19.2. The molecule has 2 aromatic heterocycles. The molecule has 2 aromatic rings. The Labute approximate surface area is 154 Å². The minimum Gasteiger partial charge on any atom is -0.480 e. The van der Waals surface area contributed by atoms with Crippen LogP contribution in [0.3, 0.4) is 0 Å². The molecule has 0 saturated heterocycles. The predicted molar refractivity (Wildman–Crippen MR) is 96.5 cm³/mol. The lowest BCUT2D eigenvalue weighted by molar-refractivity contribution is -0.137. The highest BCUT2D eigenvalue weighted by Crippen LogP contribution is 2.33. The minimum absolute atomic E-state index is 0.0266. The van der Waals surface area contributed by atoms with Gasteiger partial charge in [0.15, 0.2) is 0 Å². The molecule has 1 saturated carbocycles. The molecule has 1 N–H and O–H groups in total. The van der Waals surface area contributed by atoms with E-state index in [1.54, 1.807) is 20.9 Å². The number of rotatable bonds is 5. The largest absolute Gasteiger partial charge is 0.480 e. The second-order valence-electron chi connectivity index (χ2n) is 6.51. The van der Waals surface area contributed by atoms with E-state index in [4.69, 9.17) is 5.11 Å². The molecule has 3 rings (SSSR count). The van der Waals surface area contributed by atoms with Crippen LogP contribution in [0.4, 0.5) is 0 Å². The summed E-state index contributed by atoms with van der Waals surface area (Å²) in [5.41, 5.74) is 2.11. The van der Waals surface area contributed by atoms with Gasteiger partial charge < -0.3 is 10.0 Å². The van der Waals surface area contributed by atoms with Gasteiger partial charge in [0.05, 0.1) is 17.0 Å². The molecule has 0 aromatic carbocycles. The second kappa shape index (κ2) is 6.64. The molecule has 26 heavy (non-hydrogen) atoms. The molecule has 0 unspecified atom stereocenters. The van der Waals surface area contributed by atoms with E-state index in [9.17, 15) is 14.4 Å². The number of hydrogen-bond donors (Lipinski definition) is 1. The van der Waals surface area contributed by atoms with Crippen molar-refractivity contribution in [3.63, 3.8) is 0 Å². The first-order chi connectivity index (χ1) is 12.2. The zero-order valence-corrected chi connectivity index (χ0v) is 15.9. The third-order valence-corrected chi connectivity index (χ3v) is 5.65. The Morgan fingerprint density at radius 3 is 2.50 bits per heavy atom. The summed E-state index contributed by atoms with van der Waals surface area (Å²) in [5, 5.41) is 13.7. The van der Waals surface area contributed by atoms with Crippen LogP contribution in [0.5, 0.6) is 0 Å². The Balaban J connectivity index is 2.04. The average Bonchev–Trinajstić information content (AvgIpc) is 3.33. The molecule has 1 aliphatic carbocycles. The van der Waals surface area contributed by atoms with Crippen molar-refractivity contribution >= 4 is 23.2 Å². The number of carbonyl (C=O) groups is 2. The van der Waals surface area contributed by atoms with Crippen LogP contribution in [0.2, 0.25) is 0 Å². The fraction of sp³-hybridized carbons (Fsp3) is 0.471. The quantitative estimate of drug-likeness (QED) is 0.848. The van der Waals surface area contributed by atoms with Crippen molar-refractivity contribution in [2.75, 3.05) is 6.54 Å². The van der Waals surface area contributed by atoms with Crippen LogP contribution < -0.4 is 5.56 Å². The molecule has 1 aliphatic rings. The van der Waals surface area contributed by atoms with E-state index in [1.807, 2.05) is 6.92 Å². The number of hydrogen-bond acceptors (Lipinski definition) is 6. The number of carboxylic acids is 1. The maximum Gasteiger partial charge on any atom is 0.323 e. The highest BCUT2D eigenvalue weighted by molar-refractivity contribution is 7.17. The van der Waals surface area contributed by atoms with Gasteiger partial charge in [-0.25, -0.2) is 9.67 Å². The highest BCUT2D eigenvalue weighted by Gasteiger charge is 2.36. The van der Waals surface area contributed by atoms with Gasteiger partial charge in [-0.1, -0.05) is 0 Å². The lowest BCUT2D eigenvalue weighted by Crippen LogP contribution is -2.37. The molecule has 2 heterocycles. The smallest absolute Gasteiger partial charge is 0.323 e. The molecule has 8 nitrogen and oxygen atoms in total. The van der Waals surface area contributed by atoms with E-state index in [1.165, 1.54) is 9.58 Å². The topological polar surface area (TPSA) is 105 Å². The summed E-state index contributed by atoms with van der Waals surface area (Å²) >= 11 is 1.13. The molecule has 0 aliphatic heterocycles. The monoisotopic (exact) mass is 376 g/mol. The van der Waals surface area contributed by atoms with E-state index in [-0.39, 0.29) is 24.1 Å². The summed E-state index contributed by atoms with van der Waals surface area (Å²) in [7, 11) is 1.58. The number of amides is 1. The van der Waals surface area contributed by atoms with Crippen LogP contribution in [-0.2, 0) is 11.8 Å². The third kappa shape index (κ3) is 3.26. The fourth-order valence-electron chi connectivity index (χ4n) is 2.83. The van der Waals surface area contributed by atoms with Crippen molar-refractivity contribution in [2.45, 2.75) is 39.7 Å². The van der Waals surface area contributed by atoms with Crippen molar-refractivity contribution in [3.8, 4) is 10.6 Å². The van der Waals surface area contributed by atoms with Crippen LogP contribution in [0.25, 0.3) is 10.6 Å². The Kier molecular flexibility index (Phi) is 4.66. The molecule has 0 spiro atoms. The number of carbonyl (C=O) groups excluding carboxylic acids is 1. The summed E-state index contributed by atoms with van der Waals surface area (Å²) in [6.45, 7) is 4.99. The molecule has 1 fully saturated rings. The van der Waals surface area contributed by atoms with E-state index in [0.717, 1.165) is 29.7 Å². The van der Waals surface area contributed by atoms with E-state index in [0.29, 0.717) is 26.8 Å². The summed E-state index contributed by atoms with van der Waals surface area (Å²) in [6, 6.07) is -0.0266. The first-order valence-electron chi connectivity index (χ1n) is 8.25. The molecule has 9 heteroatoms. The Bertz CT molecular complexity index is 958. The van der Waals surface area contributed by atoms with E-state index >= 15 is 0 Å². The first-order valence-corrected chi connectivity index (χ1v) is 9.07. The van der Waals surface area contributed by atoms with Crippen molar-refractivity contribution in [2.24, 2.45) is 7.05 Å². The van der Waals surface area contributed by atoms with Gasteiger partial charge >= 0.3 is 5.97 Å². The van der Waals surface area contributed by atoms with Gasteiger partial charge in [-0.15, -0.1) is 11.3 Å². The Morgan fingerprint density at radius 2 is 1.92 bits per heavy atom. The maximum absolute atomic E-state index is 12.9. The number of thiazole rings is 1. The van der Waals surface area contributed by atoms with Crippen LogP contribution in [0.15, 0.2) is 4.79 Å². The molecule has 0 radical (unpaired) electrons. The van der Waals surface area contributed by atoms with Crippen molar-refractivity contribution in [1.82, 2.24) is 19.7 Å². The van der Waals surface area contributed by atoms with Crippen molar-refractivity contribution in [3.05, 3.63) is 32.2 Å². The van der Waals surface area contributed by atoms with Crippen LogP contribution in [0.1, 0.15) is 39.5 Å². The Hall–Kier alpha value is -2.55. The van der Waals surface area contributed by atoms with E-state index < -0.39 is 5.97 Å². The zero-order valence-electron chi connectivity index (χ0n) is 15.1. The molecular weight excluding hydrogens is 356 g/mol. The summed E-state index contributed by atoms with van der Waals surface area (Å²) in [4.78, 5) is 42.7. The molecule has 1 amide bonds. The first kappa shape index (κ1) is 18.2. The van der Waals surface area contributed by atoms with Gasteiger partial charge in [0.2, 0.25) is 0 Å². The van der Waals surface area contributed by atoms with Gasteiger partial charge in [-0.05, 0) is 39.2 Å². The molecule has 138 valence electrons. The average molecular weight is 376 g/mol. The van der Waals surface area contributed by atoms with Gasteiger partial charge in [-0.2, -0.15) is 5.10 Å². The lowest BCUT2D eigenvalue weighted by Gasteiger charge is -2.19. The number of aryl methyl sites for hydroxylation is 3. The van der Waals surface area contributed by atoms with Crippen LogP contribution in [0, 0.1) is 20.8 Å². The van der Waals surface area contributed by atoms with Gasteiger partial charge in [0, 0.05) is 13.1 Å². The standard InChI is InChI=1S/C17H20N4O4S/c1-8-9(2)19-20(4)16(24)13(8)15-18-10(3)14(26-15)17(25)21(7-12(22)23)11-5-6-11/h11H,5-7H2,1-4H3,(H,22,23). The lowest BCUT2D eigenvalue weighted by atomic mass is 10.1. The fourth-order valence-corrected chi connectivity index (χ4v) is 3.95. The molecular formula is C17H20N4O4S. The van der Waals surface area contributed by atoms with E-state index in [2.05, 4.69) is 10.1 Å². The normalized spacial score (nSPS) is 13.7. The molecule has 0 atom stereocenters. The van der Waals surface area contributed by atoms with Gasteiger partial charge in [0.25, 0.3) is 11.5 Å². The number of aliphatic carboxylic acids is 1. The summed E-state index contributed by atoms with van der Waals surface area (Å²) in [5.74, 6) is -1.38.